The Hall–Kier alpha value is -2.36. The molecule has 2 rings (SSSR count). The average Bonchev–Trinajstić information content (AvgIpc) is 2.92. The van der Waals surface area contributed by atoms with Crippen molar-refractivity contribution in [3.63, 3.8) is 0 Å². The van der Waals surface area contributed by atoms with E-state index in [1.807, 2.05) is 0 Å². The number of nitrogens with one attached hydrogen (secondary N) is 1. The van der Waals surface area contributed by atoms with Gasteiger partial charge >= 0.3 is 5.97 Å². The minimum Gasteiger partial charge on any atom is -0.407 e. The number of esters is 1. The molecule has 1 unspecified atom stereocenters. The Morgan fingerprint density at radius 2 is 2.00 bits per heavy atom. The number of nitrogens with two attached hydrogens (primary N) is 2. The predicted molar refractivity (Wildman–Crippen MR) is 84.4 cm³/mol. The Kier molecular flexibility index (Phi) is 5.74. The number of thioether (sulfide) groups is 1. The molecule has 23 heavy (non-hydrogen) atoms. The summed E-state index contributed by atoms with van der Waals surface area (Å²) in [6, 6.07) is 8.52. The highest BCUT2D eigenvalue weighted by Crippen LogP contribution is 2.38. The minimum atomic E-state index is -0.704. The lowest BCUT2D eigenvalue weighted by atomic mass is 10.1. The molecule has 8 nitrogen and oxygen atoms in total. The molecule has 1 aliphatic rings. The molecule has 0 bridgehead atoms. The quantitative estimate of drug-likeness (QED) is 0.346. The van der Waals surface area contributed by atoms with Crippen LogP contribution in [-0.2, 0) is 14.3 Å². The average molecular weight is 336 g/mol. The van der Waals surface area contributed by atoms with Crippen molar-refractivity contribution in [2.24, 2.45) is 11.5 Å². The van der Waals surface area contributed by atoms with Gasteiger partial charge in [0.15, 0.2) is 5.50 Å². The third-order valence-electron chi connectivity index (χ3n) is 2.99. The molecule has 1 heterocycles. The number of carbonyl (C=O) groups is 3. The first-order valence-corrected chi connectivity index (χ1v) is 7.58. The molecule has 0 saturated carbocycles. The lowest BCUT2D eigenvalue weighted by Crippen LogP contribution is -2.43. The van der Waals surface area contributed by atoms with Gasteiger partial charge in [0.05, 0.1) is 13.2 Å². The van der Waals surface area contributed by atoms with Crippen molar-refractivity contribution >= 4 is 29.9 Å². The smallest absolute Gasteiger partial charge is 0.326 e. The summed E-state index contributed by atoms with van der Waals surface area (Å²) in [5.41, 5.74) is 10.7. The van der Waals surface area contributed by atoms with Crippen LogP contribution in [0.2, 0.25) is 0 Å². The van der Waals surface area contributed by atoms with Crippen LogP contribution in [0.3, 0.4) is 0 Å². The summed E-state index contributed by atoms with van der Waals surface area (Å²) >= 11 is 1.05. The molecule has 9 heteroatoms. The summed E-state index contributed by atoms with van der Waals surface area (Å²) in [7, 11) is 0. The van der Waals surface area contributed by atoms with Gasteiger partial charge in [0, 0.05) is 5.56 Å². The van der Waals surface area contributed by atoms with E-state index in [-0.39, 0.29) is 29.8 Å². The first-order chi connectivity index (χ1) is 11.1. The lowest BCUT2D eigenvalue weighted by molar-refractivity contribution is -0.140. The third-order valence-corrected chi connectivity index (χ3v) is 4.20. The number of ether oxygens (including phenoxy) is 1. The molecule has 5 N–H and O–H groups in total. The van der Waals surface area contributed by atoms with Crippen molar-refractivity contribution < 1.29 is 19.1 Å². The molecule has 0 aromatic heterocycles. The van der Waals surface area contributed by atoms with Gasteiger partial charge in [0.2, 0.25) is 18.1 Å². The molecular weight excluding hydrogens is 320 g/mol. The molecule has 0 spiro atoms. The van der Waals surface area contributed by atoms with Crippen LogP contribution in [0.15, 0.2) is 41.1 Å². The van der Waals surface area contributed by atoms with E-state index < -0.39 is 11.5 Å². The van der Waals surface area contributed by atoms with E-state index in [2.05, 4.69) is 5.32 Å². The van der Waals surface area contributed by atoms with Gasteiger partial charge in [-0.2, -0.15) is 0 Å². The number of benzene rings is 1. The van der Waals surface area contributed by atoms with Gasteiger partial charge in [-0.05, 0) is 0 Å². The fourth-order valence-corrected chi connectivity index (χ4v) is 3.09. The zero-order chi connectivity index (χ0) is 16.8. The van der Waals surface area contributed by atoms with E-state index in [1.165, 1.54) is 4.90 Å². The summed E-state index contributed by atoms with van der Waals surface area (Å²) in [6.45, 7) is -0.400. The maximum absolute atomic E-state index is 12.7. The first-order valence-electron chi connectivity index (χ1n) is 6.70. The van der Waals surface area contributed by atoms with Crippen molar-refractivity contribution in [3.8, 4) is 0 Å². The molecule has 0 fully saturated rings. The fraction of sp³-hybridized carbons (Fsp3) is 0.214. The van der Waals surface area contributed by atoms with E-state index in [4.69, 9.17) is 16.2 Å². The van der Waals surface area contributed by atoms with E-state index in [0.717, 1.165) is 11.8 Å². The van der Waals surface area contributed by atoms with Crippen molar-refractivity contribution in [1.29, 1.82) is 0 Å². The summed E-state index contributed by atoms with van der Waals surface area (Å²) in [4.78, 5) is 36.5. The van der Waals surface area contributed by atoms with Crippen LogP contribution in [0.5, 0.6) is 0 Å². The highest BCUT2D eigenvalue weighted by Gasteiger charge is 2.38. The largest absolute Gasteiger partial charge is 0.407 e. The Morgan fingerprint density at radius 3 is 2.57 bits per heavy atom. The van der Waals surface area contributed by atoms with Gasteiger partial charge in [-0.3, -0.25) is 19.3 Å². The van der Waals surface area contributed by atoms with Gasteiger partial charge in [-0.1, -0.05) is 42.1 Å². The number of hydrogen-bond acceptors (Lipinski definition) is 8. The number of rotatable bonds is 7. The Bertz CT molecular complexity index is 635. The number of allylic oxidation sites excluding steroid dienone is 1. The molecule has 1 aromatic rings. The molecule has 1 amide bonds. The summed E-state index contributed by atoms with van der Waals surface area (Å²) in [5.74, 6) is -1.03. The van der Waals surface area contributed by atoms with E-state index in [1.54, 1.807) is 30.3 Å². The monoisotopic (exact) mass is 336 g/mol. The summed E-state index contributed by atoms with van der Waals surface area (Å²) in [6.07, 6.45) is 0.485. The molecule has 0 aliphatic carbocycles. The van der Waals surface area contributed by atoms with Crippen molar-refractivity contribution in [2.75, 3.05) is 13.2 Å². The normalized spacial score (nSPS) is 17.1. The highest BCUT2D eigenvalue weighted by atomic mass is 32.2. The molecule has 1 aliphatic heterocycles. The van der Waals surface area contributed by atoms with Gasteiger partial charge in [0.1, 0.15) is 4.91 Å². The van der Waals surface area contributed by atoms with Crippen LogP contribution >= 0.6 is 11.8 Å². The van der Waals surface area contributed by atoms with Crippen LogP contribution < -0.4 is 16.8 Å². The standard InChI is InChI=1S/C14H16N4O4S/c15-6-10(20)22-13-12(11(21)9-4-2-1-3-5-9)23-14(17-8-19)18(13)7-16/h1-5,8,14H,6-7,15-16H2,(H,17,19). The minimum absolute atomic E-state index is 0.00107. The van der Waals surface area contributed by atoms with Gasteiger partial charge in [-0.25, -0.2) is 0 Å². The molecular formula is C14H16N4O4S. The third kappa shape index (κ3) is 3.70. The van der Waals surface area contributed by atoms with Gasteiger partial charge in [0.25, 0.3) is 0 Å². The summed E-state index contributed by atoms with van der Waals surface area (Å²) < 4.78 is 5.16. The number of carbonyl (C=O) groups excluding carboxylic acids is 3. The van der Waals surface area contributed by atoms with Crippen molar-refractivity contribution in [1.82, 2.24) is 10.2 Å². The Morgan fingerprint density at radius 1 is 1.30 bits per heavy atom. The zero-order valence-corrected chi connectivity index (χ0v) is 12.9. The number of ketones is 1. The lowest BCUT2D eigenvalue weighted by Gasteiger charge is -2.24. The zero-order valence-electron chi connectivity index (χ0n) is 12.1. The van der Waals surface area contributed by atoms with Crippen molar-refractivity contribution in [3.05, 3.63) is 46.7 Å². The van der Waals surface area contributed by atoms with Crippen LogP contribution in [0, 0.1) is 0 Å². The van der Waals surface area contributed by atoms with Crippen LogP contribution in [0.1, 0.15) is 10.4 Å². The molecule has 122 valence electrons. The number of amides is 1. The van der Waals surface area contributed by atoms with Gasteiger partial charge < -0.3 is 21.5 Å². The second kappa shape index (κ2) is 7.77. The number of nitrogens with zero attached hydrogens (tertiary/aromatic N) is 1. The van der Waals surface area contributed by atoms with E-state index in [9.17, 15) is 14.4 Å². The number of Topliss-reactive ketones (excluding diaryl/α,β-unsaturated/α-hetero) is 1. The van der Waals surface area contributed by atoms with E-state index in [0.29, 0.717) is 12.0 Å². The second-order valence-electron chi connectivity index (χ2n) is 4.41. The maximum Gasteiger partial charge on any atom is 0.326 e. The Balaban J connectivity index is 2.39. The predicted octanol–water partition coefficient (Wildman–Crippen LogP) is -0.465. The molecule has 0 radical (unpaired) electrons. The highest BCUT2D eigenvalue weighted by molar-refractivity contribution is 8.04. The SMILES string of the molecule is NCC(=O)OC1=C(C(=O)c2ccccc2)SC(NC=O)N1CN. The Labute approximate surface area is 136 Å². The van der Waals surface area contributed by atoms with Crippen molar-refractivity contribution in [2.45, 2.75) is 5.50 Å². The summed E-state index contributed by atoms with van der Waals surface area (Å²) in [5, 5.41) is 2.51. The van der Waals surface area contributed by atoms with Crippen LogP contribution in [0.25, 0.3) is 0 Å². The first kappa shape index (κ1) is 17.0. The van der Waals surface area contributed by atoms with E-state index >= 15 is 0 Å². The number of hydrogen-bond donors (Lipinski definition) is 3. The topological polar surface area (TPSA) is 128 Å². The van der Waals surface area contributed by atoms with Crippen LogP contribution in [-0.4, -0.2) is 41.8 Å². The van der Waals surface area contributed by atoms with Crippen LogP contribution in [0.4, 0.5) is 0 Å². The fourth-order valence-electron chi connectivity index (χ4n) is 1.95. The molecule has 1 aromatic carbocycles. The maximum atomic E-state index is 12.7. The molecule has 0 saturated heterocycles. The second-order valence-corrected chi connectivity index (χ2v) is 5.51. The molecule has 1 atom stereocenters. The van der Waals surface area contributed by atoms with Gasteiger partial charge in [-0.15, -0.1) is 0 Å².